The molecule has 1 saturated carbocycles. The van der Waals surface area contributed by atoms with Gasteiger partial charge in [-0.1, -0.05) is 0 Å². The van der Waals surface area contributed by atoms with Crippen molar-refractivity contribution in [3.8, 4) is 0 Å². The Bertz CT molecular complexity index is 629. The number of thioether (sulfide) groups is 1. The van der Waals surface area contributed by atoms with E-state index >= 15 is 0 Å². The molecule has 1 heterocycles. The summed E-state index contributed by atoms with van der Waals surface area (Å²) in [7, 11) is 0. The molecule has 8 heteroatoms. The molecule has 2 rings (SSSR count). The molecular formula is C12H8N2O5S. The fourth-order valence-electron chi connectivity index (χ4n) is 1.79. The second kappa shape index (κ2) is 5.33. The lowest BCUT2D eigenvalue weighted by atomic mass is 9.82. The number of nitrogens with zero attached hydrogens (tertiary/aromatic N) is 2. The molecule has 0 aromatic carbocycles. The van der Waals surface area contributed by atoms with Crippen molar-refractivity contribution in [2.75, 3.05) is 6.26 Å². The van der Waals surface area contributed by atoms with Gasteiger partial charge >= 0.3 is 0 Å². The number of aromatic nitrogens is 2. The van der Waals surface area contributed by atoms with Crippen molar-refractivity contribution in [1.29, 1.82) is 0 Å². The van der Waals surface area contributed by atoms with E-state index in [4.69, 9.17) is 0 Å². The average Bonchev–Trinajstić information content (AvgIpc) is 2.96. The molecule has 0 spiro atoms. The normalized spacial score (nSPS) is 18.1. The first-order valence-electron chi connectivity index (χ1n) is 5.41. The minimum Gasteiger partial charge on any atom is -0.308 e. The second-order valence-corrected chi connectivity index (χ2v) is 4.60. The number of rotatable bonds is 3. The number of hydrogen-bond donors (Lipinski definition) is 0. The zero-order valence-corrected chi connectivity index (χ0v) is 11.0. The topological polar surface area (TPSA) is 103 Å². The molecule has 1 aliphatic rings. The summed E-state index contributed by atoms with van der Waals surface area (Å²) in [5.74, 6) is -8.43. The predicted octanol–water partition coefficient (Wildman–Crippen LogP) is -0.480. The van der Waals surface area contributed by atoms with E-state index in [1.807, 2.05) is 0 Å². The first kappa shape index (κ1) is 14.1. The van der Waals surface area contributed by atoms with Crippen LogP contribution in [0.2, 0.25) is 0 Å². The summed E-state index contributed by atoms with van der Waals surface area (Å²) in [6.45, 7) is 0. The number of ketones is 5. The molecule has 0 bridgehead atoms. The Morgan fingerprint density at radius 3 is 2.20 bits per heavy atom. The van der Waals surface area contributed by atoms with Crippen LogP contribution in [0.1, 0.15) is 0 Å². The third-order valence-electron chi connectivity index (χ3n) is 2.72. The molecule has 0 N–H and O–H groups in total. The maximum atomic E-state index is 11.9. The molecular weight excluding hydrogens is 284 g/mol. The van der Waals surface area contributed by atoms with Gasteiger partial charge in [0, 0.05) is 18.1 Å². The number of carbonyl (C=O) groups is 5. The highest BCUT2D eigenvalue weighted by Gasteiger charge is 2.50. The van der Waals surface area contributed by atoms with E-state index in [1.54, 1.807) is 6.26 Å². The van der Waals surface area contributed by atoms with E-state index in [2.05, 4.69) is 4.98 Å². The van der Waals surface area contributed by atoms with Crippen molar-refractivity contribution in [2.24, 2.45) is 5.92 Å². The van der Waals surface area contributed by atoms with Gasteiger partial charge in [0.15, 0.2) is 0 Å². The van der Waals surface area contributed by atoms with Crippen LogP contribution in [-0.4, -0.2) is 44.7 Å². The fraction of sp³-hybridized carbons (Fsp3) is 0.167. The van der Waals surface area contributed by atoms with Crippen molar-refractivity contribution in [3.63, 3.8) is 0 Å². The van der Waals surface area contributed by atoms with Crippen LogP contribution in [0.4, 0.5) is 0 Å². The first-order chi connectivity index (χ1) is 9.49. The maximum Gasteiger partial charge on any atom is 0.280 e. The fourth-order valence-corrected chi connectivity index (χ4v) is 2.29. The number of Topliss-reactive ketones (excluding diaryl/α,β-unsaturated/α-hetero) is 5. The Kier molecular flexibility index (Phi) is 3.75. The van der Waals surface area contributed by atoms with E-state index in [0.29, 0.717) is 0 Å². The van der Waals surface area contributed by atoms with Gasteiger partial charge in [-0.05, 0) is 11.7 Å². The highest BCUT2D eigenvalue weighted by atomic mass is 32.2. The van der Waals surface area contributed by atoms with Crippen molar-refractivity contribution >= 4 is 46.4 Å². The third-order valence-corrected chi connectivity index (χ3v) is 3.20. The summed E-state index contributed by atoms with van der Waals surface area (Å²) in [5, 5.41) is 1.46. The quantitative estimate of drug-likeness (QED) is 0.547. The van der Waals surface area contributed by atoms with Crippen LogP contribution in [0, 0.1) is 5.92 Å². The molecule has 0 atom stereocenters. The molecule has 0 amide bonds. The number of hydrogen-bond acceptors (Lipinski definition) is 7. The largest absolute Gasteiger partial charge is 0.308 e. The van der Waals surface area contributed by atoms with Crippen LogP contribution in [0.25, 0.3) is 5.70 Å². The van der Waals surface area contributed by atoms with Gasteiger partial charge in [-0.3, -0.25) is 24.0 Å². The maximum absolute atomic E-state index is 11.9. The minimum absolute atomic E-state index is 0.124. The van der Waals surface area contributed by atoms with Crippen LogP contribution >= 0.6 is 11.8 Å². The minimum atomic E-state index is -1.59. The van der Waals surface area contributed by atoms with Crippen LogP contribution in [0.15, 0.2) is 24.1 Å². The Labute approximate surface area is 117 Å². The lowest BCUT2D eigenvalue weighted by molar-refractivity contribution is -0.156. The SMILES string of the molecule is CS/C=C(\C1C(=O)C(=O)C(=O)C(=O)C1=O)n1ccnc1. The number of imidazole rings is 1. The van der Waals surface area contributed by atoms with E-state index in [-0.39, 0.29) is 5.70 Å². The molecule has 0 unspecified atom stereocenters. The summed E-state index contributed by atoms with van der Waals surface area (Å²) in [6.07, 6.45) is 5.90. The van der Waals surface area contributed by atoms with Crippen molar-refractivity contribution in [3.05, 3.63) is 24.1 Å². The molecule has 1 fully saturated rings. The summed E-state index contributed by atoms with van der Waals surface area (Å²) >= 11 is 1.19. The summed E-state index contributed by atoms with van der Waals surface area (Å²) in [6, 6.07) is 0. The third kappa shape index (κ3) is 2.14. The summed E-state index contributed by atoms with van der Waals surface area (Å²) in [5.41, 5.74) is 0.124. The van der Waals surface area contributed by atoms with Crippen LogP contribution in [0.5, 0.6) is 0 Å². The van der Waals surface area contributed by atoms with Gasteiger partial charge in [0.1, 0.15) is 5.92 Å². The van der Waals surface area contributed by atoms with Gasteiger partial charge in [-0.15, -0.1) is 11.8 Å². The van der Waals surface area contributed by atoms with Crippen LogP contribution in [-0.2, 0) is 24.0 Å². The monoisotopic (exact) mass is 292 g/mol. The van der Waals surface area contributed by atoms with Gasteiger partial charge in [-0.25, -0.2) is 4.98 Å². The van der Waals surface area contributed by atoms with Crippen molar-refractivity contribution in [1.82, 2.24) is 9.55 Å². The average molecular weight is 292 g/mol. The van der Waals surface area contributed by atoms with Gasteiger partial charge in [0.2, 0.25) is 11.6 Å². The molecule has 1 aromatic rings. The van der Waals surface area contributed by atoms with Crippen molar-refractivity contribution in [2.45, 2.75) is 0 Å². The Morgan fingerprint density at radius 2 is 1.75 bits per heavy atom. The van der Waals surface area contributed by atoms with Crippen molar-refractivity contribution < 1.29 is 24.0 Å². The van der Waals surface area contributed by atoms with E-state index in [9.17, 15) is 24.0 Å². The number of allylic oxidation sites excluding steroid dienone is 1. The van der Waals surface area contributed by atoms with Gasteiger partial charge < -0.3 is 4.57 Å². The highest BCUT2D eigenvalue weighted by molar-refractivity contribution is 8.01. The molecule has 7 nitrogen and oxygen atoms in total. The highest BCUT2D eigenvalue weighted by Crippen LogP contribution is 2.25. The zero-order valence-electron chi connectivity index (χ0n) is 10.2. The Balaban J connectivity index is 2.53. The van der Waals surface area contributed by atoms with Crippen LogP contribution < -0.4 is 0 Å². The van der Waals surface area contributed by atoms with Crippen LogP contribution in [0.3, 0.4) is 0 Å². The standard InChI is InChI=1S/C12H8N2O5S/c1-20-4-6(14-3-2-13-5-14)7-8(15)10(17)12(19)11(18)9(7)16/h2-5,7H,1H3/b6-4+. The molecule has 1 aliphatic carbocycles. The smallest absolute Gasteiger partial charge is 0.280 e. The zero-order chi connectivity index (χ0) is 14.9. The predicted molar refractivity (Wildman–Crippen MR) is 68.5 cm³/mol. The Hall–Kier alpha value is -2.35. The lowest BCUT2D eigenvalue weighted by Crippen LogP contribution is -2.49. The van der Waals surface area contributed by atoms with E-state index < -0.39 is 34.8 Å². The Morgan fingerprint density at radius 1 is 1.15 bits per heavy atom. The van der Waals surface area contributed by atoms with Gasteiger partial charge in [0.05, 0.1) is 6.33 Å². The summed E-state index contributed by atoms with van der Waals surface area (Å²) < 4.78 is 1.35. The summed E-state index contributed by atoms with van der Waals surface area (Å²) in [4.78, 5) is 61.6. The van der Waals surface area contributed by atoms with E-state index in [1.165, 1.54) is 40.5 Å². The van der Waals surface area contributed by atoms with Gasteiger partial charge in [-0.2, -0.15) is 0 Å². The molecule has 0 aliphatic heterocycles. The molecule has 0 radical (unpaired) electrons. The molecule has 0 saturated heterocycles. The second-order valence-electron chi connectivity index (χ2n) is 3.90. The first-order valence-corrected chi connectivity index (χ1v) is 6.70. The molecule has 20 heavy (non-hydrogen) atoms. The lowest BCUT2D eigenvalue weighted by Gasteiger charge is -2.20. The van der Waals surface area contributed by atoms with E-state index in [0.717, 1.165) is 0 Å². The van der Waals surface area contributed by atoms with Gasteiger partial charge in [0.25, 0.3) is 17.3 Å². The molecule has 1 aromatic heterocycles. The number of carbonyl (C=O) groups excluding carboxylic acids is 5. The molecule has 102 valence electrons.